The number of nitrogens with one attached hydrogen (secondary N) is 1. The fraction of sp³-hybridized carbons (Fsp3) is 0.500. The highest BCUT2D eigenvalue weighted by atomic mass is 16.5. The topological polar surface area (TPSA) is 88.4 Å². The van der Waals surface area contributed by atoms with Gasteiger partial charge in [0.05, 0.1) is 12.0 Å². The van der Waals surface area contributed by atoms with Gasteiger partial charge < -0.3 is 14.8 Å². The number of ether oxygens (including phenoxy) is 2. The van der Waals surface area contributed by atoms with Crippen LogP contribution in [0.2, 0.25) is 0 Å². The summed E-state index contributed by atoms with van der Waals surface area (Å²) in [4.78, 5) is 24.1. The van der Waals surface area contributed by atoms with E-state index >= 15 is 0 Å². The van der Waals surface area contributed by atoms with Crippen molar-refractivity contribution in [3.63, 3.8) is 0 Å². The predicted octanol–water partition coefficient (Wildman–Crippen LogP) is 1.73. The molecule has 1 atom stereocenters. The molecule has 6 heteroatoms. The number of nitrogens with zero attached hydrogens (tertiary/aromatic N) is 1. The molecule has 1 amide bonds. The second-order valence-corrected chi connectivity index (χ2v) is 6.38. The smallest absolute Gasteiger partial charge is 0.313 e. The minimum absolute atomic E-state index is 0.250. The molecule has 126 valence electrons. The zero-order valence-electron chi connectivity index (χ0n) is 13.4. The van der Waals surface area contributed by atoms with Crippen LogP contribution in [-0.2, 0) is 20.7 Å². The van der Waals surface area contributed by atoms with E-state index in [0.717, 1.165) is 24.2 Å². The van der Waals surface area contributed by atoms with Crippen molar-refractivity contribution < 1.29 is 19.1 Å². The first-order valence-electron chi connectivity index (χ1n) is 8.21. The molecule has 0 aromatic heterocycles. The first-order chi connectivity index (χ1) is 11.6. The third kappa shape index (κ3) is 3.51. The Morgan fingerprint density at radius 1 is 1.33 bits per heavy atom. The zero-order valence-corrected chi connectivity index (χ0v) is 13.4. The number of para-hydroxylation sites is 1. The molecule has 1 aliphatic heterocycles. The van der Waals surface area contributed by atoms with E-state index in [9.17, 15) is 14.9 Å². The average Bonchev–Trinajstić information content (AvgIpc) is 3.08. The summed E-state index contributed by atoms with van der Waals surface area (Å²) in [5.41, 5.74) is 0.167. The number of benzene rings is 1. The highest BCUT2D eigenvalue weighted by Gasteiger charge is 2.35. The summed E-state index contributed by atoms with van der Waals surface area (Å²) in [5, 5.41) is 12.0. The van der Waals surface area contributed by atoms with Crippen LogP contribution in [0.4, 0.5) is 0 Å². The molecular formula is C18H20N2O4. The molecule has 0 saturated heterocycles. The van der Waals surface area contributed by atoms with Crippen LogP contribution in [0.3, 0.4) is 0 Å². The molecule has 1 saturated carbocycles. The van der Waals surface area contributed by atoms with Gasteiger partial charge in [0, 0.05) is 0 Å². The summed E-state index contributed by atoms with van der Waals surface area (Å²) in [6.45, 7) is -0.111. The molecule has 0 bridgehead atoms. The van der Waals surface area contributed by atoms with E-state index in [2.05, 4.69) is 11.4 Å². The highest BCUT2D eigenvalue weighted by Crippen LogP contribution is 2.29. The minimum Gasteiger partial charge on any atom is -0.492 e. The van der Waals surface area contributed by atoms with E-state index in [4.69, 9.17) is 9.47 Å². The third-order valence-electron chi connectivity index (χ3n) is 4.61. The van der Waals surface area contributed by atoms with Crippen molar-refractivity contribution >= 4 is 11.9 Å². The fourth-order valence-electron chi connectivity index (χ4n) is 3.28. The number of hydrogen-bond donors (Lipinski definition) is 1. The SMILES string of the molecule is N#CC1(NC(=O)COC(=O)C2COc3ccccc3C2)CCCC1. The minimum atomic E-state index is -0.795. The van der Waals surface area contributed by atoms with Crippen molar-refractivity contribution in [3.05, 3.63) is 29.8 Å². The van der Waals surface area contributed by atoms with E-state index in [1.807, 2.05) is 24.3 Å². The van der Waals surface area contributed by atoms with E-state index in [1.165, 1.54) is 0 Å². The van der Waals surface area contributed by atoms with Gasteiger partial charge in [-0.3, -0.25) is 9.59 Å². The van der Waals surface area contributed by atoms with Gasteiger partial charge in [-0.25, -0.2) is 0 Å². The summed E-state index contributed by atoms with van der Waals surface area (Å²) < 4.78 is 10.7. The highest BCUT2D eigenvalue weighted by molar-refractivity contribution is 5.82. The average molecular weight is 328 g/mol. The summed E-state index contributed by atoms with van der Waals surface area (Å²) in [6, 6.07) is 9.74. The first kappa shape index (κ1) is 16.3. The number of hydrogen-bond acceptors (Lipinski definition) is 5. The fourth-order valence-corrected chi connectivity index (χ4v) is 3.28. The number of rotatable bonds is 4. The molecule has 1 aromatic rings. The predicted molar refractivity (Wildman–Crippen MR) is 85.0 cm³/mol. The number of amides is 1. The lowest BCUT2D eigenvalue weighted by Gasteiger charge is -2.24. The monoisotopic (exact) mass is 328 g/mol. The Morgan fingerprint density at radius 3 is 2.83 bits per heavy atom. The third-order valence-corrected chi connectivity index (χ3v) is 4.61. The second-order valence-electron chi connectivity index (χ2n) is 6.38. The van der Waals surface area contributed by atoms with Gasteiger partial charge in [-0.15, -0.1) is 0 Å². The molecule has 1 N–H and O–H groups in total. The van der Waals surface area contributed by atoms with Gasteiger partial charge in [-0.1, -0.05) is 18.2 Å². The Kier molecular flexibility index (Phi) is 4.70. The number of nitriles is 1. The quantitative estimate of drug-likeness (QED) is 0.850. The largest absolute Gasteiger partial charge is 0.492 e. The lowest BCUT2D eigenvalue weighted by molar-refractivity contribution is -0.154. The van der Waals surface area contributed by atoms with Crippen molar-refractivity contribution in [1.82, 2.24) is 5.32 Å². The van der Waals surface area contributed by atoms with Crippen LogP contribution in [0.1, 0.15) is 31.2 Å². The Balaban J connectivity index is 1.49. The maximum absolute atomic E-state index is 12.2. The maximum atomic E-state index is 12.2. The molecule has 1 unspecified atom stereocenters. The number of esters is 1. The van der Waals surface area contributed by atoms with E-state index < -0.39 is 23.3 Å². The molecule has 6 nitrogen and oxygen atoms in total. The van der Waals surface area contributed by atoms with Crippen molar-refractivity contribution in [2.24, 2.45) is 5.92 Å². The number of carbonyl (C=O) groups excluding carboxylic acids is 2. The summed E-state index contributed by atoms with van der Waals surface area (Å²) in [7, 11) is 0. The van der Waals surface area contributed by atoms with Crippen LogP contribution in [0, 0.1) is 17.2 Å². The Bertz CT molecular complexity index is 674. The van der Waals surface area contributed by atoms with Gasteiger partial charge in [0.15, 0.2) is 6.61 Å². The molecule has 24 heavy (non-hydrogen) atoms. The molecule has 0 radical (unpaired) electrons. The standard InChI is InChI=1S/C18H20N2O4/c19-12-18(7-3-4-8-18)20-16(21)11-24-17(22)14-9-13-5-1-2-6-15(13)23-10-14/h1-2,5-6,14H,3-4,7-11H2,(H,20,21). The summed E-state index contributed by atoms with van der Waals surface area (Å²) in [5.74, 6) is -0.499. The van der Waals surface area contributed by atoms with Crippen molar-refractivity contribution in [2.75, 3.05) is 13.2 Å². The zero-order chi connectivity index (χ0) is 17.0. The van der Waals surface area contributed by atoms with Crippen molar-refractivity contribution in [2.45, 2.75) is 37.6 Å². The lowest BCUT2D eigenvalue weighted by Crippen LogP contribution is -2.47. The summed E-state index contributed by atoms with van der Waals surface area (Å²) in [6.07, 6.45) is 3.69. The van der Waals surface area contributed by atoms with Gasteiger partial charge in [0.2, 0.25) is 0 Å². The van der Waals surface area contributed by atoms with Crippen LogP contribution in [0.15, 0.2) is 24.3 Å². The molecule has 1 aromatic carbocycles. The molecule has 3 rings (SSSR count). The molecule has 1 aliphatic carbocycles. The maximum Gasteiger partial charge on any atom is 0.313 e. The Labute approximate surface area is 140 Å². The van der Waals surface area contributed by atoms with Crippen LogP contribution in [-0.4, -0.2) is 30.6 Å². The number of fused-ring (bicyclic) bond motifs is 1. The van der Waals surface area contributed by atoms with E-state index in [0.29, 0.717) is 19.3 Å². The number of carbonyl (C=O) groups is 2. The van der Waals surface area contributed by atoms with E-state index in [1.54, 1.807) is 0 Å². The molecule has 1 fully saturated rings. The van der Waals surface area contributed by atoms with Crippen LogP contribution >= 0.6 is 0 Å². The lowest BCUT2D eigenvalue weighted by atomic mass is 9.97. The van der Waals surface area contributed by atoms with Gasteiger partial charge in [0.1, 0.15) is 17.9 Å². The molecule has 1 heterocycles. The van der Waals surface area contributed by atoms with Crippen LogP contribution in [0.25, 0.3) is 0 Å². The van der Waals surface area contributed by atoms with Gasteiger partial charge in [-0.05, 0) is 43.7 Å². The first-order valence-corrected chi connectivity index (χ1v) is 8.21. The summed E-state index contributed by atoms with van der Waals surface area (Å²) >= 11 is 0. The molecular weight excluding hydrogens is 308 g/mol. The molecule has 2 aliphatic rings. The Hall–Kier alpha value is -2.55. The van der Waals surface area contributed by atoms with Crippen LogP contribution < -0.4 is 10.1 Å². The van der Waals surface area contributed by atoms with Gasteiger partial charge >= 0.3 is 5.97 Å². The van der Waals surface area contributed by atoms with Gasteiger partial charge in [-0.2, -0.15) is 5.26 Å². The van der Waals surface area contributed by atoms with Crippen molar-refractivity contribution in [1.29, 1.82) is 5.26 Å². The second kappa shape index (κ2) is 6.91. The van der Waals surface area contributed by atoms with Crippen molar-refractivity contribution in [3.8, 4) is 11.8 Å². The Morgan fingerprint density at radius 2 is 2.08 bits per heavy atom. The normalized spacial score (nSPS) is 21.0. The van der Waals surface area contributed by atoms with Crippen LogP contribution in [0.5, 0.6) is 5.75 Å². The molecule has 0 spiro atoms. The van der Waals surface area contributed by atoms with Gasteiger partial charge in [0.25, 0.3) is 5.91 Å². The van der Waals surface area contributed by atoms with E-state index in [-0.39, 0.29) is 13.2 Å².